The van der Waals surface area contributed by atoms with Gasteiger partial charge in [0, 0.05) is 38.0 Å². The minimum atomic E-state index is -0.00328. The third-order valence-corrected chi connectivity index (χ3v) is 8.17. The van der Waals surface area contributed by atoms with Crippen LogP contribution in [0.15, 0.2) is 60.7 Å². The monoisotopic (exact) mass is 498 g/mol. The SMILES string of the molecule is CC(C)CCn1c(Cc2ccc3c(c2)CCO3)nc2cc(N(C)C(=S)NC34C=CC=CC3C4)ccc21. The maximum Gasteiger partial charge on any atom is 0.173 e. The Morgan fingerprint density at radius 1 is 1.25 bits per heavy atom. The Morgan fingerprint density at radius 3 is 2.97 bits per heavy atom. The highest BCUT2D eigenvalue weighted by molar-refractivity contribution is 7.80. The van der Waals surface area contributed by atoms with E-state index in [1.54, 1.807) is 0 Å². The van der Waals surface area contributed by atoms with E-state index in [0.717, 1.165) is 66.7 Å². The van der Waals surface area contributed by atoms with Crippen molar-refractivity contribution in [3.05, 3.63) is 77.7 Å². The van der Waals surface area contributed by atoms with Crippen LogP contribution in [0.25, 0.3) is 11.0 Å². The van der Waals surface area contributed by atoms with Gasteiger partial charge in [-0.3, -0.25) is 0 Å². The van der Waals surface area contributed by atoms with Crippen molar-refractivity contribution in [2.24, 2.45) is 11.8 Å². The molecule has 0 amide bonds. The minimum Gasteiger partial charge on any atom is -0.493 e. The molecule has 0 spiro atoms. The lowest BCUT2D eigenvalue weighted by Crippen LogP contribution is -2.44. The highest BCUT2D eigenvalue weighted by Crippen LogP contribution is 2.47. The predicted octanol–water partition coefficient (Wildman–Crippen LogP) is 5.80. The molecule has 186 valence electrons. The summed E-state index contributed by atoms with van der Waals surface area (Å²) in [4.78, 5) is 7.21. The molecule has 2 unspecified atom stereocenters. The molecule has 1 saturated carbocycles. The molecule has 2 aliphatic carbocycles. The van der Waals surface area contributed by atoms with E-state index in [0.29, 0.717) is 11.8 Å². The molecule has 6 heteroatoms. The third kappa shape index (κ3) is 4.32. The Labute approximate surface area is 218 Å². The van der Waals surface area contributed by atoms with Crippen molar-refractivity contribution in [3.63, 3.8) is 0 Å². The van der Waals surface area contributed by atoms with Crippen molar-refractivity contribution in [2.45, 2.75) is 51.6 Å². The van der Waals surface area contributed by atoms with Gasteiger partial charge in [0.05, 0.1) is 23.2 Å². The average molecular weight is 499 g/mol. The van der Waals surface area contributed by atoms with Crippen LogP contribution >= 0.6 is 12.2 Å². The number of thiocarbonyl (C=S) groups is 1. The second kappa shape index (κ2) is 9.07. The molecular formula is C30H34N4OS. The Kier molecular flexibility index (Phi) is 5.87. The number of nitrogens with one attached hydrogen (secondary N) is 1. The van der Waals surface area contributed by atoms with Crippen LogP contribution in [0.3, 0.4) is 0 Å². The van der Waals surface area contributed by atoms with Crippen LogP contribution in [0.4, 0.5) is 5.69 Å². The normalized spacial score (nSPS) is 21.4. The number of aryl methyl sites for hydroxylation is 1. The van der Waals surface area contributed by atoms with Crippen LogP contribution in [-0.4, -0.2) is 33.9 Å². The fraction of sp³-hybridized carbons (Fsp3) is 0.400. The highest BCUT2D eigenvalue weighted by atomic mass is 32.1. The van der Waals surface area contributed by atoms with Crippen LogP contribution in [0, 0.1) is 11.8 Å². The van der Waals surface area contributed by atoms with Crippen molar-refractivity contribution in [1.29, 1.82) is 0 Å². The lowest BCUT2D eigenvalue weighted by atomic mass is 10.1. The van der Waals surface area contributed by atoms with Crippen LogP contribution in [0.5, 0.6) is 5.75 Å². The molecule has 36 heavy (non-hydrogen) atoms. The molecule has 1 aromatic heterocycles. The number of imidazole rings is 1. The number of hydrogen-bond acceptors (Lipinski definition) is 3. The number of allylic oxidation sites excluding steroid dienone is 2. The van der Waals surface area contributed by atoms with Crippen molar-refractivity contribution >= 4 is 34.1 Å². The second-order valence-electron chi connectivity index (χ2n) is 10.8. The number of aromatic nitrogens is 2. The standard InChI is InChI=1S/C30H34N4OS/c1-20(2)11-14-34-26-9-8-24(33(3)29(36)32-30-13-5-4-6-23(30)19-30)18-25(26)31-28(34)17-21-7-10-27-22(16-21)12-15-35-27/h4-10,13,16,18,20,23H,11-12,14-15,17,19H2,1-3H3,(H,32,36). The molecule has 2 aromatic carbocycles. The topological polar surface area (TPSA) is 42.3 Å². The first-order chi connectivity index (χ1) is 17.4. The van der Waals surface area contributed by atoms with Gasteiger partial charge in [-0.25, -0.2) is 4.98 Å². The van der Waals surface area contributed by atoms with E-state index in [1.165, 1.54) is 16.6 Å². The van der Waals surface area contributed by atoms with E-state index in [4.69, 9.17) is 21.9 Å². The summed E-state index contributed by atoms with van der Waals surface area (Å²) in [6, 6.07) is 13.1. The van der Waals surface area contributed by atoms with Crippen molar-refractivity contribution in [3.8, 4) is 5.75 Å². The molecule has 0 bridgehead atoms. The third-order valence-electron chi connectivity index (χ3n) is 7.80. The zero-order valence-electron chi connectivity index (χ0n) is 21.3. The highest BCUT2D eigenvalue weighted by Gasteiger charge is 2.52. The van der Waals surface area contributed by atoms with E-state index >= 15 is 0 Å². The number of anilines is 1. The first-order valence-electron chi connectivity index (χ1n) is 13.1. The second-order valence-corrected chi connectivity index (χ2v) is 11.2. The largest absolute Gasteiger partial charge is 0.493 e. The molecule has 2 atom stereocenters. The molecule has 3 aliphatic rings. The van der Waals surface area contributed by atoms with E-state index in [9.17, 15) is 0 Å². The van der Waals surface area contributed by atoms with Gasteiger partial charge >= 0.3 is 0 Å². The number of rotatable bonds is 7. The maximum atomic E-state index is 5.81. The Hall–Kier alpha value is -3.12. The zero-order valence-corrected chi connectivity index (χ0v) is 22.1. The molecule has 5 nitrogen and oxygen atoms in total. The van der Waals surface area contributed by atoms with Crippen LogP contribution in [-0.2, 0) is 19.4 Å². The number of nitrogens with zero attached hydrogens (tertiary/aromatic N) is 3. The average Bonchev–Trinajstić information content (AvgIpc) is 3.21. The number of hydrogen-bond donors (Lipinski definition) is 1. The van der Waals surface area contributed by atoms with Crippen molar-refractivity contribution < 1.29 is 4.74 Å². The van der Waals surface area contributed by atoms with Gasteiger partial charge in [0.15, 0.2) is 5.11 Å². The molecule has 3 aromatic rings. The molecule has 0 saturated heterocycles. The predicted molar refractivity (Wildman–Crippen MR) is 151 cm³/mol. The quantitative estimate of drug-likeness (QED) is 0.417. The van der Waals surface area contributed by atoms with Gasteiger partial charge in [-0.15, -0.1) is 0 Å². The van der Waals surface area contributed by atoms with Gasteiger partial charge in [-0.2, -0.15) is 0 Å². The van der Waals surface area contributed by atoms with E-state index in [1.807, 2.05) is 7.05 Å². The zero-order chi connectivity index (χ0) is 24.9. The van der Waals surface area contributed by atoms with E-state index in [2.05, 4.69) is 89.3 Å². The molecule has 1 N–H and O–H groups in total. The van der Waals surface area contributed by atoms with Gasteiger partial charge in [0.2, 0.25) is 0 Å². The van der Waals surface area contributed by atoms with Gasteiger partial charge in [-0.05, 0) is 66.4 Å². The van der Waals surface area contributed by atoms with E-state index in [-0.39, 0.29) is 5.54 Å². The molecular weight excluding hydrogens is 464 g/mol. The summed E-state index contributed by atoms with van der Waals surface area (Å²) in [7, 11) is 2.04. The van der Waals surface area contributed by atoms with Crippen LogP contribution < -0.4 is 15.0 Å². The molecule has 1 fully saturated rings. The van der Waals surface area contributed by atoms with Gasteiger partial charge in [-0.1, -0.05) is 50.3 Å². The lowest BCUT2D eigenvalue weighted by Gasteiger charge is -2.26. The number of ether oxygens (including phenoxy) is 1. The Bertz CT molecular complexity index is 1390. The fourth-order valence-electron chi connectivity index (χ4n) is 5.43. The van der Waals surface area contributed by atoms with Crippen molar-refractivity contribution in [2.75, 3.05) is 18.6 Å². The van der Waals surface area contributed by atoms with Gasteiger partial charge < -0.3 is 19.5 Å². The number of fused-ring (bicyclic) bond motifs is 3. The summed E-state index contributed by atoms with van der Waals surface area (Å²) in [6.07, 6.45) is 12.8. The fourth-order valence-corrected chi connectivity index (χ4v) is 5.72. The molecule has 1 aliphatic heterocycles. The lowest BCUT2D eigenvalue weighted by molar-refractivity contribution is 0.357. The Morgan fingerprint density at radius 2 is 2.14 bits per heavy atom. The summed E-state index contributed by atoms with van der Waals surface area (Å²) in [6.45, 7) is 6.31. The molecule has 2 heterocycles. The summed E-state index contributed by atoms with van der Waals surface area (Å²) in [5.74, 6) is 3.32. The van der Waals surface area contributed by atoms with Gasteiger partial charge in [0.1, 0.15) is 11.6 Å². The van der Waals surface area contributed by atoms with Gasteiger partial charge in [0.25, 0.3) is 0 Å². The van der Waals surface area contributed by atoms with Crippen LogP contribution in [0.1, 0.15) is 43.6 Å². The minimum absolute atomic E-state index is 0.00328. The first kappa shape index (κ1) is 23.3. The Balaban J connectivity index is 1.27. The summed E-state index contributed by atoms with van der Waals surface area (Å²) < 4.78 is 8.11. The number of benzene rings is 2. The summed E-state index contributed by atoms with van der Waals surface area (Å²) >= 11 is 5.81. The first-order valence-corrected chi connectivity index (χ1v) is 13.5. The molecule has 6 rings (SSSR count). The maximum absolute atomic E-state index is 5.81. The summed E-state index contributed by atoms with van der Waals surface area (Å²) in [5, 5.41) is 4.35. The van der Waals surface area contributed by atoms with Crippen molar-refractivity contribution in [1.82, 2.24) is 14.9 Å². The smallest absolute Gasteiger partial charge is 0.173 e. The summed E-state index contributed by atoms with van der Waals surface area (Å²) in [5.41, 5.74) is 5.86. The van der Waals surface area contributed by atoms with Crippen LogP contribution in [0.2, 0.25) is 0 Å². The van der Waals surface area contributed by atoms with E-state index < -0.39 is 0 Å². The molecule has 0 radical (unpaired) electrons.